The third kappa shape index (κ3) is 3.53. The van der Waals surface area contributed by atoms with E-state index in [0.29, 0.717) is 17.4 Å². The third-order valence-corrected chi connectivity index (χ3v) is 4.71. The van der Waals surface area contributed by atoms with Crippen LogP contribution in [0.25, 0.3) is 0 Å². The molecule has 2 nitrogen and oxygen atoms in total. The number of rotatable bonds is 2. The molecule has 0 bridgehead atoms. The topological polar surface area (TPSA) is 26.3 Å². The molecule has 0 N–H and O–H groups in total. The highest BCUT2D eigenvalue weighted by Gasteiger charge is 2.37. The molecular formula is C18H30O2. The molecule has 0 amide bonds. The highest BCUT2D eigenvalue weighted by atomic mass is 16.5. The van der Waals surface area contributed by atoms with Gasteiger partial charge in [-0.2, -0.15) is 0 Å². The lowest BCUT2D eigenvalue weighted by atomic mass is 9.64. The zero-order chi connectivity index (χ0) is 15.3. The number of carbonyl (C=O) groups excluding carboxylic acids is 1. The van der Waals surface area contributed by atoms with Crippen LogP contribution in [-0.2, 0) is 9.53 Å². The Labute approximate surface area is 124 Å². The van der Waals surface area contributed by atoms with E-state index in [0.717, 1.165) is 12.3 Å². The van der Waals surface area contributed by atoms with Crippen LogP contribution >= 0.6 is 0 Å². The maximum absolute atomic E-state index is 11.7. The van der Waals surface area contributed by atoms with E-state index in [-0.39, 0.29) is 11.9 Å². The van der Waals surface area contributed by atoms with Crippen LogP contribution in [0, 0.1) is 23.7 Å². The zero-order valence-electron chi connectivity index (χ0n) is 13.7. The maximum Gasteiger partial charge on any atom is 0.333 e. The van der Waals surface area contributed by atoms with E-state index in [2.05, 4.69) is 26.5 Å². The van der Waals surface area contributed by atoms with Gasteiger partial charge < -0.3 is 4.74 Å². The predicted octanol–water partition coefficient (Wildman–Crippen LogP) is 4.76. The van der Waals surface area contributed by atoms with Crippen molar-refractivity contribution in [2.45, 2.75) is 53.4 Å². The minimum atomic E-state index is -0.243. The SMILES string of the molecule is C=C(C(=O)OC)C1CC[C@@H](C)C2CCC(C)C=C12.CC. The molecule has 114 valence electrons. The van der Waals surface area contributed by atoms with Gasteiger partial charge >= 0.3 is 5.97 Å². The summed E-state index contributed by atoms with van der Waals surface area (Å²) in [7, 11) is 1.44. The second-order valence-corrected chi connectivity index (χ2v) is 5.95. The summed E-state index contributed by atoms with van der Waals surface area (Å²) in [6.45, 7) is 12.6. The Morgan fingerprint density at radius 1 is 1.20 bits per heavy atom. The van der Waals surface area contributed by atoms with Gasteiger partial charge in [-0.3, -0.25) is 0 Å². The molecule has 1 saturated carbocycles. The Bertz CT molecular complexity index is 381. The Morgan fingerprint density at radius 3 is 2.45 bits per heavy atom. The normalized spacial score (nSPS) is 32.1. The molecule has 2 heteroatoms. The molecule has 0 heterocycles. The summed E-state index contributed by atoms with van der Waals surface area (Å²) in [5.74, 6) is 2.01. The number of hydrogen-bond acceptors (Lipinski definition) is 2. The van der Waals surface area contributed by atoms with Crippen LogP contribution in [0.3, 0.4) is 0 Å². The summed E-state index contributed by atoms with van der Waals surface area (Å²) < 4.78 is 4.83. The van der Waals surface area contributed by atoms with Gasteiger partial charge in [-0.1, -0.05) is 45.9 Å². The zero-order valence-corrected chi connectivity index (χ0v) is 13.7. The number of fused-ring (bicyclic) bond motifs is 1. The molecule has 2 aliphatic rings. The van der Waals surface area contributed by atoms with Crippen LogP contribution in [0.15, 0.2) is 23.8 Å². The molecular weight excluding hydrogens is 248 g/mol. The van der Waals surface area contributed by atoms with Gasteiger partial charge in [0.05, 0.1) is 7.11 Å². The summed E-state index contributed by atoms with van der Waals surface area (Å²) in [5, 5.41) is 0. The summed E-state index contributed by atoms with van der Waals surface area (Å²) in [6.07, 6.45) is 7.17. The molecule has 0 radical (unpaired) electrons. The first kappa shape index (κ1) is 17.0. The van der Waals surface area contributed by atoms with Gasteiger partial charge in [-0.25, -0.2) is 4.79 Å². The fraction of sp³-hybridized carbons (Fsp3) is 0.722. The monoisotopic (exact) mass is 278 g/mol. The van der Waals surface area contributed by atoms with Crippen LogP contribution < -0.4 is 0 Å². The Kier molecular flexibility index (Phi) is 6.51. The first-order chi connectivity index (χ1) is 9.54. The van der Waals surface area contributed by atoms with Crippen molar-refractivity contribution >= 4 is 5.97 Å². The van der Waals surface area contributed by atoms with Crippen molar-refractivity contribution < 1.29 is 9.53 Å². The van der Waals surface area contributed by atoms with E-state index in [1.807, 2.05) is 13.8 Å². The van der Waals surface area contributed by atoms with E-state index in [4.69, 9.17) is 4.74 Å². The Hall–Kier alpha value is -1.05. The van der Waals surface area contributed by atoms with Gasteiger partial charge in [0, 0.05) is 11.5 Å². The fourth-order valence-electron chi connectivity index (χ4n) is 3.58. The molecule has 2 aliphatic carbocycles. The fourth-order valence-corrected chi connectivity index (χ4v) is 3.58. The lowest BCUT2D eigenvalue weighted by molar-refractivity contribution is -0.136. The Morgan fingerprint density at radius 2 is 1.85 bits per heavy atom. The highest BCUT2D eigenvalue weighted by Crippen LogP contribution is 2.46. The second kappa shape index (κ2) is 7.66. The van der Waals surface area contributed by atoms with Crippen LogP contribution in [0.5, 0.6) is 0 Å². The van der Waals surface area contributed by atoms with Crippen molar-refractivity contribution in [2.75, 3.05) is 7.11 Å². The summed E-state index contributed by atoms with van der Waals surface area (Å²) in [4.78, 5) is 11.7. The average Bonchev–Trinajstić information content (AvgIpc) is 2.48. The molecule has 0 saturated heterocycles. The van der Waals surface area contributed by atoms with E-state index in [1.54, 1.807) is 0 Å². The van der Waals surface area contributed by atoms with E-state index >= 15 is 0 Å². The molecule has 3 unspecified atom stereocenters. The van der Waals surface area contributed by atoms with E-state index in [1.165, 1.54) is 31.9 Å². The van der Waals surface area contributed by atoms with E-state index < -0.39 is 0 Å². The van der Waals surface area contributed by atoms with Gasteiger partial charge in [0.1, 0.15) is 0 Å². The molecule has 0 aromatic rings. The van der Waals surface area contributed by atoms with Crippen LogP contribution in [0.1, 0.15) is 53.4 Å². The third-order valence-electron chi connectivity index (χ3n) is 4.71. The van der Waals surface area contributed by atoms with Gasteiger partial charge in [-0.05, 0) is 43.4 Å². The largest absolute Gasteiger partial charge is 0.466 e. The van der Waals surface area contributed by atoms with Gasteiger partial charge in [-0.15, -0.1) is 0 Å². The van der Waals surface area contributed by atoms with Crippen molar-refractivity contribution in [3.8, 4) is 0 Å². The lowest BCUT2D eigenvalue weighted by Crippen LogP contribution is -2.32. The van der Waals surface area contributed by atoms with Crippen molar-refractivity contribution in [1.29, 1.82) is 0 Å². The first-order valence-electron chi connectivity index (χ1n) is 8.03. The Balaban J connectivity index is 0.000000956. The smallest absolute Gasteiger partial charge is 0.333 e. The number of esters is 1. The quantitative estimate of drug-likeness (QED) is 0.413. The van der Waals surface area contributed by atoms with Crippen molar-refractivity contribution in [3.05, 3.63) is 23.8 Å². The standard InChI is InChI=1S/C16H24O2.C2H6/c1-10-5-7-13-11(2)6-8-14(15(13)9-10)12(3)16(17)18-4;1-2/h9-11,13-14H,3,5-8H2,1-2,4H3;1-2H3/t10?,11-,13?,14?;/m1./s1. The maximum atomic E-state index is 11.7. The number of carbonyl (C=O) groups is 1. The van der Waals surface area contributed by atoms with Crippen LogP contribution in [0.2, 0.25) is 0 Å². The second-order valence-electron chi connectivity index (χ2n) is 5.95. The van der Waals surface area contributed by atoms with Crippen molar-refractivity contribution in [3.63, 3.8) is 0 Å². The van der Waals surface area contributed by atoms with Crippen LogP contribution in [-0.4, -0.2) is 13.1 Å². The van der Waals surface area contributed by atoms with Crippen molar-refractivity contribution in [2.24, 2.45) is 23.7 Å². The molecule has 0 aliphatic heterocycles. The first-order valence-corrected chi connectivity index (χ1v) is 8.03. The highest BCUT2D eigenvalue weighted by molar-refractivity contribution is 5.88. The summed E-state index contributed by atoms with van der Waals surface area (Å²) in [5.41, 5.74) is 2.11. The van der Waals surface area contributed by atoms with E-state index in [9.17, 15) is 4.79 Å². The van der Waals surface area contributed by atoms with Gasteiger partial charge in [0.2, 0.25) is 0 Å². The minimum absolute atomic E-state index is 0.224. The molecule has 2 rings (SSSR count). The number of allylic oxidation sites excluding steroid dienone is 2. The summed E-state index contributed by atoms with van der Waals surface area (Å²) >= 11 is 0. The van der Waals surface area contributed by atoms with Crippen LogP contribution in [0.4, 0.5) is 0 Å². The molecule has 20 heavy (non-hydrogen) atoms. The molecule has 0 spiro atoms. The molecule has 0 aromatic heterocycles. The minimum Gasteiger partial charge on any atom is -0.466 e. The number of ether oxygens (including phenoxy) is 1. The average molecular weight is 278 g/mol. The predicted molar refractivity (Wildman–Crippen MR) is 84.4 cm³/mol. The summed E-state index contributed by atoms with van der Waals surface area (Å²) in [6, 6.07) is 0. The molecule has 0 aromatic carbocycles. The number of methoxy groups -OCH3 is 1. The molecule has 4 atom stereocenters. The van der Waals surface area contributed by atoms with Gasteiger partial charge in [0.25, 0.3) is 0 Å². The van der Waals surface area contributed by atoms with Gasteiger partial charge in [0.15, 0.2) is 0 Å². The number of hydrogen-bond donors (Lipinski definition) is 0. The lowest BCUT2D eigenvalue weighted by Gasteiger charge is -2.41. The molecule has 1 fully saturated rings. The van der Waals surface area contributed by atoms with Crippen molar-refractivity contribution in [1.82, 2.24) is 0 Å².